The zero-order chi connectivity index (χ0) is 29.3. The Bertz CT molecular complexity index is 1430. The summed E-state index contributed by atoms with van der Waals surface area (Å²) in [4.78, 5) is 68.1. The third kappa shape index (κ3) is 4.26. The standard InChI is InChI=1S/C28H39N7O6/c1-32-24(39)28(34(25(32)40)13-17-6-3-7-19(36)31-17)14-27(15-28)10-8-18(9-11-27)35-23(38)20(21(29)30)22(37)33(26(35)41)12-16-4-2-5-16/h16-18,37H,2-15H2,1H3,(H3,29,30)(H,31,36)/t17-,18?,27?,28?/m1/s1. The van der Waals surface area contributed by atoms with E-state index in [2.05, 4.69) is 5.32 Å². The first-order valence-electron chi connectivity index (χ1n) is 14.8. The molecule has 3 aliphatic carbocycles. The molecule has 2 aliphatic heterocycles. The molecule has 1 aromatic heterocycles. The molecule has 41 heavy (non-hydrogen) atoms. The molecule has 13 nitrogen and oxygen atoms in total. The van der Waals surface area contributed by atoms with Crippen LogP contribution in [0.25, 0.3) is 0 Å². The van der Waals surface area contributed by atoms with E-state index in [0.29, 0.717) is 51.5 Å². The number of nitrogens with two attached hydrogens (primary N) is 1. The van der Waals surface area contributed by atoms with Gasteiger partial charge in [0.25, 0.3) is 11.5 Å². The lowest BCUT2D eigenvalue weighted by atomic mass is 9.51. The van der Waals surface area contributed by atoms with Crippen molar-refractivity contribution >= 4 is 23.7 Å². The highest BCUT2D eigenvalue weighted by molar-refractivity contribution is 6.07. The van der Waals surface area contributed by atoms with Crippen molar-refractivity contribution in [1.29, 1.82) is 5.41 Å². The minimum absolute atomic E-state index is 0.0332. The van der Waals surface area contributed by atoms with Crippen molar-refractivity contribution in [3.8, 4) is 5.88 Å². The predicted molar refractivity (Wildman–Crippen MR) is 148 cm³/mol. The molecule has 1 atom stereocenters. The first-order valence-corrected chi connectivity index (χ1v) is 14.8. The van der Waals surface area contributed by atoms with E-state index in [-0.39, 0.29) is 47.3 Å². The summed E-state index contributed by atoms with van der Waals surface area (Å²) in [6.07, 6.45) is 8.33. The zero-order valence-electron chi connectivity index (χ0n) is 23.5. The number of amides is 4. The lowest BCUT2D eigenvalue weighted by Crippen LogP contribution is -2.66. The largest absolute Gasteiger partial charge is 0.494 e. The number of nitrogens with zero attached hydrogens (tertiary/aromatic N) is 4. The average molecular weight is 570 g/mol. The number of carbonyl (C=O) groups excluding carboxylic acids is 3. The van der Waals surface area contributed by atoms with E-state index >= 15 is 0 Å². The van der Waals surface area contributed by atoms with Crippen molar-refractivity contribution in [2.45, 2.75) is 101 Å². The number of aromatic nitrogens is 2. The van der Waals surface area contributed by atoms with Gasteiger partial charge in [-0.15, -0.1) is 0 Å². The SMILES string of the molecule is CN1C(=O)N(C[C@H]2CCCC(=O)N2)C2(CC3(CCC(n4c(=O)c(C(=N)N)c(O)n(CC5CCC5)c4=O)CC3)C2)C1=O. The van der Waals surface area contributed by atoms with E-state index in [4.69, 9.17) is 11.1 Å². The molecule has 3 saturated carbocycles. The predicted octanol–water partition coefficient (Wildman–Crippen LogP) is 0.997. The van der Waals surface area contributed by atoms with Gasteiger partial charge in [-0.3, -0.25) is 33.8 Å². The minimum atomic E-state index is -0.923. The van der Waals surface area contributed by atoms with Crippen molar-refractivity contribution in [1.82, 2.24) is 24.3 Å². The molecule has 3 heterocycles. The summed E-state index contributed by atoms with van der Waals surface area (Å²) in [6, 6.07) is -0.930. The minimum Gasteiger partial charge on any atom is -0.494 e. The summed E-state index contributed by atoms with van der Waals surface area (Å²) in [5.41, 5.74) is 2.91. The van der Waals surface area contributed by atoms with Gasteiger partial charge in [0.2, 0.25) is 11.8 Å². The second kappa shape index (κ2) is 9.73. The van der Waals surface area contributed by atoms with E-state index in [1.165, 1.54) is 21.1 Å². The van der Waals surface area contributed by atoms with Crippen molar-refractivity contribution in [3.05, 3.63) is 26.4 Å². The van der Waals surface area contributed by atoms with Gasteiger partial charge in [0.1, 0.15) is 16.9 Å². The van der Waals surface area contributed by atoms with Crippen molar-refractivity contribution in [2.24, 2.45) is 17.1 Å². The number of rotatable bonds is 6. The van der Waals surface area contributed by atoms with Crippen LogP contribution in [0.3, 0.4) is 0 Å². The van der Waals surface area contributed by atoms with Gasteiger partial charge in [-0.2, -0.15) is 0 Å². The summed E-state index contributed by atoms with van der Waals surface area (Å²) in [7, 11) is 1.51. The molecule has 13 heteroatoms. The van der Waals surface area contributed by atoms with Crippen molar-refractivity contribution in [3.63, 3.8) is 0 Å². The Hall–Kier alpha value is -3.64. The summed E-state index contributed by atoms with van der Waals surface area (Å²) < 4.78 is 2.37. The first kappa shape index (κ1) is 27.5. The van der Waals surface area contributed by atoms with Crippen LogP contribution in [-0.2, 0) is 16.1 Å². The highest BCUT2D eigenvalue weighted by Crippen LogP contribution is 2.62. The molecule has 1 aromatic rings. The van der Waals surface area contributed by atoms with Crippen molar-refractivity contribution < 1.29 is 19.5 Å². The average Bonchev–Trinajstić information content (AvgIpc) is 3.04. The first-order chi connectivity index (χ1) is 19.5. The fourth-order valence-corrected chi connectivity index (χ4v) is 8.04. The molecular weight excluding hydrogens is 530 g/mol. The third-order valence-corrected chi connectivity index (χ3v) is 10.5. The van der Waals surface area contributed by atoms with Crippen LogP contribution >= 0.6 is 0 Å². The molecule has 0 unspecified atom stereocenters. The Kier molecular flexibility index (Phi) is 6.53. The molecular formula is C28H39N7O6. The number of amidine groups is 1. The summed E-state index contributed by atoms with van der Waals surface area (Å²) in [6.45, 7) is 0.585. The number of hydrogen-bond donors (Lipinski definition) is 4. The molecule has 2 spiro atoms. The number of imide groups is 1. The molecule has 2 saturated heterocycles. The maximum atomic E-state index is 13.5. The number of urea groups is 1. The number of piperidine rings is 1. The molecule has 5 N–H and O–H groups in total. The quantitative estimate of drug-likeness (QED) is 0.224. The van der Waals surface area contributed by atoms with E-state index in [1.807, 2.05) is 0 Å². The smallest absolute Gasteiger partial charge is 0.334 e. The second-order valence-electron chi connectivity index (χ2n) is 13.0. The highest BCUT2D eigenvalue weighted by Gasteiger charge is 2.68. The van der Waals surface area contributed by atoms with Crippen LogP contribution in [0.4, 0.5) is 4.79 Å². The fourth-order valence-electron chi connectivity index (χ4n) is 8.04. The highest BCUT2D eigenvalue weighted by atomic mass is 16.3. The summed E-state index contributed by atoms with van der Waals surface area (Å²) in [5, 5.41) is 21.6. The molecule has 0 aromatic carbocycles. The van der Waals surface area contributed by atoms with E-state index in [9.17, 15) is 29.1 Å². The monoisotopic (exact) mass is 569 g/mol. The lowest BCUT2D eigenvalue weighted by molar-refractivity contribution is -0.150. The van der Waals surface area contributed by atoms with Gasteiger partial charge >= 0.3 is 11.7 Å². The van der Waals surface area contributed by atoms with Gasteiger partial charge in [0, 0.05) is 38.6 Å². The molecule has 0 radical (unpaired) electrons. The van der Waals surface area contributed by atoms with Crippen LogP contribution in [0.15, 0.2) is 9.59 Å². The fraction of sp³-hybridized carbons (Fsp3) is 0.714. The van der Waals surface area contributed by atoms with E-state index in [0.717, 1.165) is 32.1 Å². The Labute approximate surface area is 237 Å². The maximum Gasteiger partial charge on any atom is 0.334 e. The normalized spacial score (nSPS) is 31.9. The van der Waals surface area contributed by atoms with Gasteiger partial charge in [-0.1, -0.05) is 6.42 Å². The molecule has 5 fully saturated rings. The van der Waals surface area contributed by atoms with Gasteiger partial charge in [0.05, 0.1) is 0 Å². The number of aromatic hydroxyl groups is 1. The molecule has 222 valence electrons. The Morgan fingerprint density at radius 2 is 1.71 bits per heavy atom. The number of carbonyl (C=O) groups is 3. The van der Waals surface area contributed by atoms with Crippen molar-refractivity contribution in [2.75, 3.05) is 13.6 Å². The number of nitrogen functional groups attached to an aromatic ring is 1. The van der Waals surface area contributed by atoms with E-state index in [1.54, 1.807) is 4.90 Å². The molecule has 6 rings (SSSR count). The van der Waals surface area contributed by atoms with Crippen LogP contribution in [0, 0.1) is 16.7 Å². The third-order valence-electron chi connectivity index (χ3n) is 10.5. The van der Waals surface area contributed by atoms with Gasteiger partial charge < -0.3 is 21.1 Å². The van der Waals surface area contributed by atoms with Crippen LogP contribution in [-0.4, -0.2) is 72.9 Å². The van der Waals surface area contributed by atoms with Gasteiger partial charge in [0.15, 0.2) is 0 Å². The Morgan fingerprint density at radius 1 is 1.02 bits per heavy atom. The molecule has 5 aliphatic rings. The molecule has 0 bridgehead atoms. The van der Waals surface area contributed by atoms with Crippen LogP contribution in [0.2, 0.25) is 0 Å². The summed E-state index contributed by atoms with van der Waals surface area (Å²) in [5.74, 6) is -1.11. The second-order valence-corrected chi connectivity index (χ2v) is 13.0. The Morgan fingerprint density at radius 3 is 2.29 bits per heavy atom. The lowest BCUT2D eigenvalue weighted by Gasteiger charge is -2.58. The number of likely N-dealkylation sites (N-methyl/N-ethyl adjacent to an activating group) is 1. The number of hydrogen-bond acceptors (Lipinski definition) is 7. The zero-order valence-corrected chi connectivity index (χ0v) is 23.5. The van der Waals surface area contributed by atoms with Crippen LogP contribution < -0.4 is 22.3 Å². The summed E-state index contributed by atoms with van der Waals surface area (Å²) >= 11 is 0. The van der Waals surface area contributed by atoms with Gasteiger partial charge in [-0.05, 0) is 75.5 Å². The Balaban J connectivity index is 1.21. The number of nitrogens with one attached hydrogen (secondary N) is 2. The van der Waals surface area contributed by atoms with E-state index < -0.39 is 34.5 Å². The van der Waals surface area contributed by atoms with Gasteiger partial charge in [-0.25, -0.2) is 9.59 Å². The van der Waals surface area contributed by atoms with Crippen LogP contribution in [0.1, 0.15) is 88.7 Å². The maximum absolute atomic E-state index is 13.5. The van der Waals surface area contributed by atoms with Crippen LogP contribution in [0.5, 0.6) is 5.88 Å². The topological polar surface area (TPSA) is 184 Å². The molecule has 4 amide bonds.